The summed E-state index contributed by atoms with van der Waals surface area (Å²) in [6.07, 6.45) is 1.81. The molecule has 1 heterocycles. The minimum absolute atomic E-state index is 0.126. The molecule has 0 saturated carbocycles. The van der Waals surface area contributed by atoms with Gasteiger partial charge in [-0.15, -0.1) is 0 Å². The summed E-state index contributed by atoms with van der Waals surface area (Å²) >= 11 is 5.98. The average molecular weight is 560 g/mol. The Kier molecular flexibility index (Phi) is 5.91. The lowest BCUT2D eigenvalue weighted by Crippen LogP contribution is -2.54. The van der Waals surface area contributed by atoms with Gasteiger partial charge < -0.3 is 0 Å². The van der Waals surface area contributed by atoms with E-state index in [-0.39, 0.29) is 30.1 Å². The van der Waals surface area contributed by atoms with Gasteiger partial charge in [-0.3, -0.25) is 14.4 Å². The highest BCUT2D eigenvalue weighted by atomic mass is 35.5. The molecule has 2 bridgehead atoms. The van der Waals surface area contributed by atoms with Crippen LogP contribution in [0.2, 0.25) is 5.02 Å². The first kappa shape index (κ1) is 25.4. The summed E-state index contributed by atoms with van der Waals surface area (Å²) < 4.78 is 0. The smallest absolute Gasteiger partial charge is 0.244 e. The Labute approximate surface area is 242 Å². The normalized spacial score (nSPS) is 23.9. The van der Waals surface area contributed by atoms with E-state index in [0.29, 0.717) is 10.7 Å². The van der Waals surface area contributed by atoms with Crippen LogP contribution in [0.1, 0.15) is 39.3 Å². The summed E-state index contributed by atoms with van der Waals surface area (Å²) in [4.78, 5) is 42.7. The third-order valence-electron chi connectivity index (χ3n) is 8.71. The number of aryl methyl sites for hydroxylation is 1. The van der Waals surface area contributed by atoms with E-state index in [0.717, 1.165) is 33.4 Å². The molecule has 202 valence electrons. The molecule has 0 spiro atoms. The third kappa shape index (κ3) is 3.78. The van der Waals surface area contributed by atoms with Crippen LogP contribution in [0.3, 0.4) is 0 Å². The van der Waals surface area contributed by atoms with Crippen LogP contribution in [0.25, 0.3) is 0 Å². The maximum Gasteiger partial charge on any atom is 0.244 e. The number of anilines is 1. The molecule has 4 aliphatic rings. The SMILES string of the molecule is Cc1ccc(N2C(=O)[C@H]3C4c5ccccc5C(/C=N\NC(=O)Cc5ccc(Cl)cc5)(c5ccccc54)[C@H]3C2=O)cc1. The molecule has 1 N–H and O–H groups in total. The predicted octanol–water partition coefficient (Wildman–Crippen LogP) is 5.54. The van der Waals surface area contributed by atoms with Crippen LogP contribution in [-0.4, -0.2) is 23.9 Å². The van der Waals surface area contributed by atoms with Crippen LogP contribution in [0.5, 0.6) is 0 Å². The zero-order valence-corrected chi connectivity index (χ0v) is 23.0. The van der Waals surface area contributed by atoms with Crippen molar-refractivity contribution in [2.75, 3.05) is 4.90 Å². The van der Waals surface area contributed by atoms with Crippen molar-refractivity contribution < 1.29 is 14.4 Å². The fourth-order valence-corrected chi connectivity index (χ4v) is 7.16. The van der Waals surface area contributed by atoms with Crippen molar-refractivity contribution in [3.8, 4) is 0 Å². The van der Waals surface area contributed by atoms with Gasteiger partial charge in [0, 0.05) is 17.2 Å². The number of imide groups is 1. The molecule has 2 atom stereocenters. The number of nitrogens with zero attached hydrogens (tertiary/aromatic N) is 2. The molecule has 1 saturated heterocycles. The second-order valence-corrected chi connectivity index (χ2v) is 11.4. The van der Waals surface area contributed by atoms with Crippen molar-refractivity contribution >= 4 is 41.2 Å². The van der Waals surface area contributed by atoms with Crippen molar-refractivity contribution in [2.45, 2.75) is 24.7 Å². The number of carbonyl (C=O) groups excluding carboxylic acids is 3. The number of carbonyl (C=O) groups is 3. The van der Waals surface area contributed by atoms with E-state index < -0.39 is 17.3 Å². The van der Waals surface area contributed by atoms with Gasteiger partial charge in [0.25, 0.3) is 0 Å². The first-order valence-corrected chi connectivity index (χ1v) is 14.0. The molecule has 3 amide bonds. The number of nitrogens with one attached hydrogen (secondary N) is 1. The Morgan fingerprint density at radius 3 is 2.12 bits per heavy atom. The van der Waals surface area contributed by atoms with E-state index in [1.165, 1.54) is 4.90 Å². The molecular weight excluding hydrogens is 534 g/mol. The number of hydrogen-bond acceptors (Lipinski definition) is 4. The molecule has 41 heavy (non-hydrogen) atoms. The van der Waals surface area contributed by atoms with Crippen LogP contribution < -0.4 is 10.3 Å². The lowest BCUT2D eigenvalue weighted by molar-refractivity contribution is -0.123. The fourth-order valence-electron chi connectivity index (χ4n) is 7.03. The molecular formula is C34H26ClN3O3. The first-order valence-electron chi connectivity index (χ1n) is 13.6. The Balaban J connectivity index is 1.34. The number of amides is 3. The van der Waals surface area contributed by atoms with Crippen molar-refractivity contribution in [1.29, 1.82) is 0 Å². The highest BCUT2D eigenvalue weighted by molar-refractivity contribution is 6.30. The van der Waals surface area contributed by atoms with E-state index in [2.05, 4.69) is 10.5 Å². The van der Waals surface area contributed by atoms with E-state index >= 15 is 0 Å². The predicted molar refractivity (Wildman–Crippen MR) is 158 cm³/mol. The summed E-state index contributed by atoms with van der Waals surface area (Å²) in [5.41, 5.74) is 7.95. The van der Waals surface area contributed by atoms with E-state index in [9.17, 15) is 14.4 Å². The second kappa shape index (κ2) is 9.53. The molecule has 4 aromatic rings. The molecule has 4 aromatic carbocycles. The number of rotatable bonds is 5. The Hall–Kier alpha value is -4.55. The highest BCUT2D eigenvalue weighted by Crippen LogP contribution is 2.63. The second-order valence-electron chi connectivity index (χ2n) is 11.0. The molecule has 7 heteroatoms. The molecule has 0 radical (unpaired) electrons. The van der Waals surface area contributed by atoms with E-state index in [1.54, 1.807) is 30.5 Å². The van der Waals surface area contributed by atoms with Crippen LogP contribution in [0.4, 0.5) is 5.69 Å². The van der Waals surface area contributed by atoms with Gasteiger partial charge in [0.2, 0.25) is 17.7 Å². The van der Waals surface area contributed by atoms with Crippen LogP contribution in [-0.2, 0) is 26.2 Å². The lowest BCUT2D eigenvalue weighted by atomic mass is 9.47. The van der Waals surface area contributed by atoms with Gasteiger partial charge in [-0.05, 0) is 59.0 Å². The molecule has 0 aromatic heterocycles. The monoisotopic (exact) mass is 559 g/mol. The van der Waals surface area contributed by atoms with Gasteiger partial charge in [-0.1, -0.05) is 90.0 Å². The summed E-state index contributed by atoms with van der Waals surface area (Å²) in [5, 5.41) is 5.07. The fraction of sp³-hybridized carbons (Fsp3) is 0.176. The van der Waals surface area contributed by atoms with Gasteiger partial charge in [0.1, 0.15) is 0 Å². The average Bonchev–Trinajstić information content (AvgIpc) is 3.25. The maximum atomic E-state index is 14.4. The van der Waals surface area contributed by atoms with Gasteiger partial charge in [-0.2, -0.15) is 5.10 Å². The van der Waals surface area contributed by atoms with Crippen molar-refractivity contribution in [1.82, 2.24) is 5.43 Å². The standard InChI is InChI=1S/C34H26ClN3O3/c1-20-10-16-23(17-11-20)38-32(40)30-29-24-6-2-4-8-26(24)34(31(30)33(38)41,27-9-5-3-7-25(27)29)19-36-37-28(39)18-21-12-14-22(35)15-13-21/h2-17,19,29-31H,18H2,1H3,(H,37,39)/b36-19-/t29?,30-,31+,34?/m0/s1. The number of benzene rings is 4. The van der Waals surface area contributed by atoms with Gasteiger partial charge in [0.15, 0.2) is 0 Å². The largest absolute Gasteiger partial charge is 0.274 e. The molecule has 1 aliphatic heterocycles. The zero-order chi connectivity index (χ0) is 28.3. The molecule has 1 fully saturated rings. The van der Waals surface area contributed by atoms with Crippen molar-refractivity contribution in [2.24, 2.45) is 16.9 Å². The lowest BCUT2D eigenvalue weighted by Gasteiger charge is -2.52. The molecule has 0 unspecified atom stereocenters. The van der Waals surface area contributed by atoms with Crippen LogP contribution in [0, 0.1) is 18.8 Å². The molecule has 8 rings (SSSR count). The quantitative estimate of drug-likeness (QED) is 0.198. The minimum Gasteiger partial charge on any atom is -0.274 e. The Morgan fingerprint density at radius 2 is 1.49 bits per heavy atom. The first-order chi connectivity index (χ1) is 19.9. The molecule has 6 nitrogen and oxygen atoms in total. The van der Waals surface area contributed by atoms with E-state index in [1.807, 2.05) is 79.7 Å². The maximum absolute atomic E-state index is 14.4. The van der Waals surface area contributed by atoms with Crippen molar-refractivity contribution in [3.63, 3.8) is 0 Å². The summed E-state index contributed by atoms with van der Waals surface area (Å²) in [7, 11) is 0. The highest BCUT2D eigenvalue weighted by Gasteiger charge is 2.68. The van der Waals surface area contributed by atoms with Gasteiger partial charge in [-0.25, -0.2) is 10.3 Å². The van der Waals surface area contributed by atoms with Crippen molar-refractivity contribution in [3.05, 3.63) is 135 Å². The number of hydrazone groups is 1. The van der Waals surface area contributed by atoms with Gasteiger partial charge in [0.05, 0.1) is 29.4 Å². The van der Waals surface area contributed by atoms with Crippen LogP contribution >= 0.6 is 11.6 Å². The van der Waals surface area contributed by atoms with E-state index in [4.69, 9.17) is 11.6 Å². The Bertz CT molecular complexity index is 1700. The third-order valence-corrected chi connectivity index (χ3v) is 8.96. The Morgan fingerprint density at radius 1 is 0.878 bits per heavy atom. The van der Waals surface area contributed by atoms with Crippen LogP contribution in [0.15, 0.2) is 102 Å². The summed E-state index contributed by atoms with van der Waals surface area (Å²) in [6.45, 7) is 1.97. The molecule has 3 aliphatic carbocycles. The van der Waals surface area contributed by atoms with Gasteiger partial charge >= 0.3 is 0 Å². The topological polar surface area (TPSA) is 78.8 Å². The number of hydrogen-bond donors (Lipinski definition) is 1. The minimum atomic E-state index is -1.04. The summed E-state index contributed by atoms with van der Waals surface area (Å²) in [6, 6.07) is 30.5. The summed E-state index contributed by atoms with van der Waals surface area (Å²) in [5.74, 6) is -2.31. The number of halogens is 1. The zero-order valence-electron chi connectivity index (χ0n) is 22.3.